The molecule has 0 aliphatic heterocycles. The summed E-state index contributed by atoms with van der Waals surface area (Å²) in [5.74, 6) is 2.23. The third-order valence-corrected chi connectivity index (χ3v) is 4.58. The Hall–Kier alpha value is -0.0800. The van der Waals surface area contributed by atoms with Gasteiger partial charge in [0.2, 0.25) is 0 Å². The highest BCUT2D eigenvalue weighted by atomic mass is 16.5. The standard InChI is InChI=1S/C15H31NO/c1-6-15(5,10-16)17-14-9-12(4)7-8-13(14)11(2)3/h11-14H,6-10,16H2,1-5H3. The number of hydrogen-bond acceptors (Lipinski definition) is 2. The van der Waals surface area contributed by atoms with Crippen molar-refractivity contribution in [2.24, 2.45) is 23.5 Å². The molecule has 0 spiro atoms. The maximum absolute atomic E-state index is 6.40. The highest BCUT2D eigenvalue weighted by Gasteiger charge is 2.35. The lowest BCUT2D eigenvalue weighted by Crippen LogP contribution is -2.45. The van der Waals surface area contributed by atoms with Crippen molar-refractivity contribution in [3.05, 3.63) is 0 Å². The van der Waals surface area contributed by atoms with E-state index in [0.29, 0.717) is 24.5 Å². The first-order valence-corrected chi connectivity index (χ1v) is 7.29. The fourth-order valence-corrected chi connectivity index (χ4v) is 2.89. The molecule has 102 valence electrons. The van der Waals surface area contributed by atoms with Crippen molar-refractivity contribution in [3.63, 3.8) is 0 Å². The van der Waals surface area contributed by atoms with Gasteiger partial charge in [-0.3, -0.25) is 0 Å². The molecule has 4 unspecified atom stereocenters. The van der Waals surface area contributed by atoms with E-state index in [-0.39, 0.29) is 5.60 Å². The Morgan fingerprint density at radius 3 is 2.47 bits per heavy atom. The second-order valence-electron chi connectivity index (χ2n) is 6.49. The van der Waals surface area contributed by atoms with E-state index in [9.17, 15) is 0 Å². The zero-order valence-electron chi connectivity index (χ0n) is 12.3. The normalized spacial score (nSPS) is 33.7. The minimum Gasteiger partial charge on any atom is -0.370 e. The molecule has 1 rings (SSSR count). The van der Waals surface area contributed by atoms with Crippen LogP contribution in [-0.4, -0.2) is 18.2 Å². The first kappa shape index (κ1) is 15.0. The van der Waals surface area contributed by atoms with E-state index >= 15 is 0 Å². The Labute approximate surface area is 107 Å². The maximum Gasteiger partial charge on any atom is 0.0777 e. The highest BCUT2D eigenvalue weighted by Crippen LogP contribution is 2.37. The molecule has 0 aromatic rings. The van der Waals surface area contributed by atoms with E-state index in [1.807, 2.05) is 0 Å². The summed E-state index contributed by atoms with van der Waals surface area (Å²) in [6.07, 6.45) is 5.28. The minimum absolute atomic E-state index is 0.130. The summed E-state index contributed by atoms with van der Waals surface area (Å²) < 4.78 is 6.40. The fourth-order valence-electron chi connectivity index (χ4n) is 2.89. The van der Waals surface area contributed by atoms with Crippen molar-refractivity contribution in [2.75, 3.05) is 6.54 Å². The Kier molecular flexibility index (Phi) is 5.46. The molecule has 2 heteroatoms. The summed E-state index contributed by atoms with van der Waals surface area (Å²) in [5, 5.41) is 0. The molecular formula is C15H31NO. The molecule has 0 radical (unpaired) electrons. The molecule has 0 amide bonds. The quantitative estimate of drug-likeness (QED) is 0.798. The van der Waals surface area contributed by atoms with E-state index in [1.165, 1.54) is 19.3 Å². The lowest BCUT2D eigenvalue weighted by Gasteiger charge is -2.42. The largest absolute Gasteiger partial charge is 0.370 e. The first-order chi connectivity index (χ1) is 7.91. The molecule has 0 saturated heterocycles. The van der Waals surface area contributed by atoms with Gasteiger partial charge in [-0.15, -0.1) is 0 Å². The smallest absolute Gasteiger partial charge is 0.0777 e. The van der Waals surface area contributed by atoms with Gasteiger partial charge in [-0.1, -0.05) is 34.1 Å². The van der Waals surface area contributed by atoms with Gasteiger partial charge in [0.15, 0.2) is 0 Å². The third-order valence-electron chi connectivity index (χ3n) is 4.58. The van der Waals surface area contributed by atoms with Gasteiger partial charge in [-0.05, 0) is 43.9 Å². The first-order valence-electron chi connectivity index (χ1n) is 7.29. The van der Waals surface area contributed by atoms with Crippen LogP contribution in [0.15, 0.2) is 0 Å². The molecule has 2 N–H and O–H groups in total. The van der Waals surface area contributed by atoms with Gasteiger partial charge in [-0.2, -0.15) is 0 Å². The summed E-state index contributed by atoms with van der Waals surface area (Å²) in [6, 6.07) is 0. The molecule has 1 saturated carbocycles. The monoisotopic (exact) mass is 241 g/mol. The Bertz CT molecular complexity index is 223. The molecule has 1 aliphatic rings. The van der Waals surface area contributed by atoms with Crippen LogP contribution in [0.1, 0.15) is 60.3 Å². The lowest BCUT2D eigenvalue weighted by molar-refractivity contribution is -0.128. The second kappa shape index (κ2) is 6.19. The van der Waals surface area contributed by atoms with E-state index in [4.69, 9.17) is 10.5 Å². The Morgan fingerprint density at radius 1 is 1.35 bits per heavy atom. The van der Waals surface area contributed by atoms with E-state index in [0.717, 1.165) is 12.3 Å². The SMILES string of the molecule is CCC(C)(CN)OC1CC(C)CCC1C(C)C. The molecule has 0 aromatic carbocycles. The fraction of sp³-hybridized carbons (Fsp3) is 1.00. The molecule has 0 heterocycles. The minimum atomic E-state index is -0.130. The molecule has 1 fully saturated rings. The van der Waals surface area contributed by atoms with Crippen LogP contribution >= 0.6 is 0 Å². The van der Waals surface area contributed by atoms with Gasteiger partial charge in [0, 0.05) is 6.54 Å². The molecule has 0 aromatic heterocycles. The van der Waals surface area contributed by atoms with Crippen LogP contribution in [0.4, 0.5) is 0 Å². The van der Waals surface area contributed by atoms with Gasteiger partial charge in [0.1, 0.15) is 0 Å². The topological polar surface area (TPSA) is 35.2 Å². The van der Waals surface area contributed by atoms with Crippen LogP contribution in [0, 0.1) is 17.8 Å². The van der Waals surface area contributed by atoms with Crippen LogP contribution < -0.4 is 5.73 Å². The number of nitrogens with two attached hydrogens (primary N) is 1. The van der Waals surface area contributed by atoms with Crippen LogP contribution in [0.2, 0.25) is 0 Å². The van der Waals surface area contributed by atoms with E-state index in [2.05, 4.69) is 34.6 Å². The molecule has 4 atom stereocenters. The zero-order chi connectivity index (χ0) is 13.1. The lowest BCUT2D eigenvalue weighted by atomic mass is 9.75. The van der Waals surface area contributed by atoms with E-state index in [1.54, 1.807) is 0 Å². The van der Waals surface area contributed by atoms with Crippen molar-refractivity contribution in [1.29, 1.82) is 0 Å². The van der Waals surface area contributed by atoms with Gasteiger partial charge < -0.3 is 10.5 Å². The summed E-state index contributed by atoms with van der Waals surface area (Å²) in [4.78, 5) is 0. The molecule has 1 aliphatic carbocycles. The van der Waals surface area contributed by atoms with Crippen LogP contribution in [0.5, 0.6) is 0 Å². The predicted molar refractivity (Wildman–Crippen MR) is 74.0 cm³/mol. The number of hydrogen-bond donors (Lipinski definition) is 1. The van der Waals surface area contributed by atoms with Crippen LogP contribution in [0.3, 0.4) is 0 Å². The van der Waals surface area contributed by atoms with Crippen molar-refractivity contribution < 1.29 is 4.74 Å². The van der Waals surface area contributed by atoms with Crippen molar-refractivity contribution in [1.82, 2.24) is 0 Å². The Balaban J connectivity index is 2.69. The molecule has 2 nitrogen and oxygen atoms in total. The van der Waals surface area contributed by atoms with Crippen molar-refractivity contribution in [3.8, 4) is 0 Å². The summed E-state index contributed by atoms with van der Waals surface area (Å²) >= 11 is 0. The van der Waals surface area contributed by atoms with Crippen molar-refractivity contribution in [2.45, 2.75) is 72.0 Å². The summed E-state index contributed by atoms with van der Waals surface area (Å²) in [5.41, 5.74) is 5.74. The number of ether oxygens (including phenoxy) is 1. The van der Waals surface area contributed by atoms with E-state index < -0.39 is 0 Å². The van der Waals surface area contributed by atoms with Gasteiger partial charge in [0.05, 0.1) is 11.7 Å². The Morgan fingerprint density at radius 2 is 2.00 bits per heavy atom. The highest BCUT2D eigenvalue weighted by molar-refractivity contribution is 4.85. The van der Waals surface area contributed by atoms with Gasteiger partial charge >= 0.3 is 0 Å². The van der Waals surface area contributed by atoms with Crippen LogP contribution in [-0.2, 0) is 4.74 Å². The number of rotatable bonds is 5. The molecular weight excluding hydrogens is 210 g/mol. The molecule has 17 heavy (non-hydrogen) atoms. The van der Waals surface area contributed by atoms with Crippen molar-refractivity contribution >= 4 is 0 Å². The second-order valence-corrected chi connectivity index (χ2v) is 6.49. The summed E-state index contributed by atoms with van der Waals surface area (Å²) in [7, 11) is 0. The van der Waals surface area contributed by atoms with Crippen LogP contribution in [0.25, 0.3) is 0 Å². The zero-order valence-corrected chi connectivity index (χ0v) is 12.3. The average molecular weight is 241 g/mol. The third kappa shape index (κ3) is 3.96. The van der Waals surface area contributed by atoms with Gasteiger partial charge in [-0.25, -0.2) is 0 Å². The van der Waals surface area contributed by atoms with Gasteiger partial charge in [0.25, 0.3) is 0 Å². The maximum atomic E-state index is 6.40. The molecule has 0 bridgehead atoms. The predicted octanol–water partition coefficient (Wildman–Crippen LogP) is 3.59. The average Bonchev–Trinajstić information content (AvgIpc) is 2.28. The summed E-state index contributed by atoms with van der Waals surface area (Å²) in [6.45, 7) is 11.9.